The van der Waals surface area contributed by atoms with Gasteiger partial charge in [-0.1, -0.05) is 54.6 Å². The molecule has 32 heavy (non-hydrogen) atoms. The summed E-state index contributed by atoms with van der Waals surface area (Å²) in [5.41, 5.74) is 2.24. The van der Waals surface area contributed by atoms with Crippen LogP contribution in [0.4, 0.5) is 0 Å². The van der Waals surface area contributed by atoms with Gasteiger partial charge in [0.25, 0.3) is 0 Å². The van der Waals surface area contributed by atoms with Crippen molar-refractivity contribution in [3.8, 4) is 11.5 Å². The van der Waals surface area contributed by atoms with E-state index in [-0.39, 0.29) is 40.4 Å². The van der Waals surface area contributed by atoms with Gasteiger partial charge in [-0.05, 0) is 25.1 Å². The standard InChI is InChI=1S/C26H17NO5/c1-15-21(27-25(32-15)16-8-3-2-4-9-16)14-31-26(30)20-13-7-12-19-22(20)24(29)18-11-6-5-10-17(18)23(19)28/h2-13H,14H2,1H3. The second-order valence-electron chi connectivity index (χ2n) is 7.40. The Morgan fingerprint density at radius 1 is 0.844 bits per heavy atom. The van der Waals surface area contributed by atoms with Gasteiger partial charge in [-0.25, -0.2) is 9.78 Å². The lowest BCUT2D eigenvalue weighted by atomic mass is 9.82. The van der Waals surface area contributed by atoms with Crippen molar-refractivity contribution in [2.24, 2.45) is 0 Å². The Bertz CT molecular complexity index is 1380. The van der Waals surface area contributed by atoms with Gasteiger partial charge in [0.2, 0.25) is 5.89 Å². The summed E-state index contributed by atoms with van der Waals surface area (Å²) in [6.45, 7) is 1.62. The number of oxazole rings is 1. The third kappa shape index (κ3) is 3.22. The van der Waals surface area contributed by atoms with Gasteiger partial charge in [0.15, 0.2) is 11.6 Å². The summed E-state index contributed by atoms with van der Waals surface area (Å²) < 4.78 is 11.2. The number of ketones is 2. The number of aromatic nitrogens is 1. The van der Waals surface area contributed by atoms with E-state index in [1.54, 1.807) is 43.3 Å². The molecular formula is C26H17NO5. The molecule has 1 heterocycles. The van der Waals surface area contributed by atoms with E-state index in [4.69, 9.17) is 9.15 Å². The smallest absolute Gasteiger partial charge is 0.339 e. The number of carbonyl (C=O) groups is 3. The van der Waals surface area contributed by atoms with Crippen molar-refractivity contribution in [1.29, 1.82) is 0 Å². The zero-order chi connectivity index (χ0) is 22.2. The molecule has 0 saturated heterocycles. The van der Waals surface area contributed by atoms with Crippen LogP contribution < -0.4 is 0 Å². The van der Waals surface area contributed by atoms with Crippen molar-refractivity contribution in [3.05, 3.63) is 112 Å². The average Bonchev–Trinajstić information content (AvgIpc) is 3.21. The van der Waals surface area contributed by atoms with E-state index in [2.05, 4.69) is 4.98 Å². The van der Waals surface area contributed by atoms with E-state index in [9.17, 15) is 14.4 Å². The number of benzene rings is 3. The van der Waals surface area contributed by atoms with Gasteiger partial charge in [0.1, 0.15) is 18.1 Å². The fourth-order valence-electron chi connectivity index (χ4n) is 3.79. The quantitative estimate of drug-likeness (QED) is 0.387. The number of rotatable bonds is 4. The molecule has 1 aliphatic rings. The minimum absolute atomic E-state index is 0.0554. The molecule has 0 bridgehead atoms. The van der Waals surface area contributed by atoms with Gasteiger partial charge in [-0.2, -0.15) is 0 Å². The van der Waals surface area contributed by atoms with Crippen molar-refractivity contribution in [1.82, 2.24) is 4.98 Å². The Hall–Kier alpha value is -4.32. The molecule has 156 valence electrons. The van der Waals surface area contributed by atoms with Crippen LogP contribution in [0.25, 0.3) is 11.5 Å². The van der Waals surface area contributed by atoms with E-state index >= 15 is 0 Å². The van der Waals surface area contributed by atoms with Gasteiger partial charge >= 0.3 is 5.97 Å². The fourth-order valence-corrected chi connectivity index (χ4v) is 3.79. The van der Waals surface area contributed by atoms with Crippen LogP contribution >= 0.6 is 0 Å². The first-order valence-corrected chi connectivity index (χ1v) is 10.0. The van der Waals surface area contributed by atoms with Crippen molar-refractivity contribution in [2.45, 2.75) is 13.5 Å². The van der Waals surface area contributed by atoms with Crippen LogP contribution in [-0.4, -0.2) is 22.5 Å². The Morgan fingerprint density at radius 2 is 1.50 bits per heavy atom. The molecule has 0 N–H and O–H groups in total. The lowest BCUT2D eigenvalue weighted by Gasteiger charge is -2.19. The molecule has 0 radical (unpaired) electrons. The summed E-state index contributed by atoms with van der Waals surface area (Å²) in [6, 6.07) is 20.6. The molecule has 0 aliphatic heterocycles. The minimum atomic E-state index is -0.703. The van der Waals surface area contributed by atoms with Crippen LogP contribution in [0.1, 0.15) is 53.7 Å². The van der Waals surface area contributed by atoms with E-state index in [1.165, 1.54) is 6.07 Å². The summed E-state index contributed by atoms with van der Waals surface area (Å²) in [5.74, 6) is -0.391. The Kier molecular flexibility index (Phi) is 4.75. The molecule has 0 atom stereocenters. The highest BCUT2D eigenvalue weighted by molar-refractivity contribution is 6.30. The largest absolute Gasteiger partial charge is 0.455 e. The number of hydrogen-bond donors (Lipinski definition) is 0. The van der Waals surface area contributed by atoms with Crippen molar-refractivity contribution >= 4 is 17.5 Å². The molecule has 1 aromatic heterocycles. The highest BCUT2D eigenvalue weighted by Crippen LogP contribution is 2.30. The summed E-state index contributed by atoms with van der Waals surface area (Å²) >= 11 is 0. The molecule has 0 amide bonds. The van der Waals surface area contributed by atoms with Crippen molar-refractivity contribution in [2.75, 3.05) is 0 Å². The summed E-state index contributed by atoms with van der Waals surface area (Å²) in [6.07, 6.45) is 0. The molecule has 6 nitrogen and oxygen atoms in total. The fraction of sp³-hybridized carbons (Fsp3) is 0.0769. The number of ether oxygens (including phenoxy) is 1. The molecule has 3 aromatic carbocycles. The van der Waals surface area contributed by atoms with Crippen molar-refractivity contribution < 1.29 is 23.5 Å². The van der Waals surface area contributed by atoms with E-state index < -0.39 is 5.97 Å². The van der Waals surface area contributed by atoms with Crippen LogP contribution in [-0.2, 0) is 11.3 Å². The van der Waals surface area contributed by atoms with Crippen LogP contribution in [0.3, 0.4) is 0 Å². The molecule has 5 rings (SSSR count). The highest BCUT2D eigenvalue weighted by Gasteiger charge is 2.33. The molecule has 0 saturated carbocycles. The van der Waals surface area contributed by atoms with Crippen molar-refractivity contribution in [3.63, 3.8) is 0 Å². The van der Waals surface area contributed by atoms with Gasteiger partial charge in [0, 0.05) is 27.8 Å². The molecule has 1 aliphatic carbocycles. The number of nitrogens with zero attached hydrogens (tertiary/aromatic N) is 1. The normalized spacial score (nSPS) is 12.3. The van der Waals surface area contributed by atoms with Gasteiger partial charge < -0.3 is 9.15 Å². The molecule has 0 unspecified atom stereocenters. The second-order valence-corrected chi connectivity index (χ2v) is 7.40. The predicted molar refractivity (Wildman–Crippen MR) is 116 cm³/mol. The predicted octanol–water partition coefficient (Wildman–Crippen LogP) is 4.78. The van der Waals surface area contributed by atoms with E-state index in [0.29, 0.717) is 22.9 Å². The Morgan fingerprint density at radius 3 is 2.25 bits per heavy atom. The van der Waals surface area contributed by atoms with Crippen LogP contribution in [0.5, 0.6) is 0 Å². The number of aryl methyl sites for hydroxylation is 1. The highest BCUT2D eigenvalue weighted by atomic mass is 16.5. The zero-order valence-electron chi connectivity index (χ0n) is 17.1. The van der Waals surface area contributed by atoms with Crippen LogP contribution in [0.15, 0.2) is 77.2 Å². The lowest BCUT2D eigenvalue weighted by Crippen LogP contribution is -2.24. The monoisotopic (exact) mass is 423 g/mol. The second kappa shape index (κ2) is 7.74. The molecule has 0 spiro atoms. The third-order valence-electron chi connectivity index (χ3n) is 5.43. The number of fused-ring (bicyclic) bond motifs is 2. The summed E-state index contributed by atoms with van der Waals surface area (Å²) in [4.78, 5) is 43.3. The molecular weight excluding hydrogens is 406 g/mol. The zero-order valence-corrected chi connectivity index (χ0v) is 17.1. The third-order valence-corrected chi connectivity index (χ3v) is 5.43. The topological polar surface area (TPSA) is 86.5 Å². The maximum atomic E-state index is 13.1. The average molecular weight is 423 g/mol. The van der Waals surface area contributed by atoms with Gasteiger partial charge in [-0.15, -0.1) is 0 Å². The van der Waals surface area contributed by atoms with Gasteiger partial charge in [0.05, 0.1) is 5.56 Å². The first-order valence-electron chi connectivity index (χ1n) is 10.0. The number of esters is 1. The number of carbonyl (C=O) groups excluding carboxylic acids is 3. The SMILES string of the molecule is Cc1oc(-c2ccccc2)nc1COC(=O)c1cccc2c1C(=O)c1ccccc1C2=O. The maximum absolute atomic E-state index is 13.1. The van der Waals surface area contributed by atoms with Crippen LogP contribution in [0.2, 0.25) is 0 Å². The molecule has 0 fully saturated rings. The Labute approximate surface area is 183 Å². The first kappa shape index (κ1) is 19.6. The molecule has 6 heteroatoms. The van der Waals surface area contributed by atoms with Crippen LogP contribution in [0, 0.1) is 6.92 Å². The van der Waals surface area contributed by atoms with E-state index in [1.807, 2.05) is 30.3 Å². The summed E-state index contributed by atoms with van der Waals surface area (Å²) in [7, 11) is 0. The minimum Gasteiger partial charge on any atom is -0.455 e. The molecule has 4 aromatic rings. The lowest BCUT2D eigenvalue weighted by molar-refractivity contribution is 0.0464. The Balaban J connectivity index is 1.42. The summed E-state index contributed by atoms with van der Waals surface area (Å²) in [5, 5.41) is 0. The van der Waals surface area contributed by atoms with E-state index in [0.717, 1.165) is 5.56 Å². The first-order chi connectivity index (χ1) is 15.5. The maximum Gasteiger partial charge on any atom is 0.339 e. The number of hydrogen-bond acceptors (Lipinski definition) is 6. The van der Waals surface area contributed by atoms with Gasteiger partial charge in [-0.3, -0.25) is 9.59 Å².